The molecular weight excluding hydrogens is 235 g/mol. The number of carbonyl (C=O) groups excluding carboxylic acids is 1. The summed E-state index contributed by atoms with van der Waals surface area (Å²) in [4.78, 5) is 10.9. The maximum Gasteiger partial charge on any atom is 0.258 e. The summed E-state index contributed by atoms with van der Waals surface area (Å²) in [5.74, 6) is 5.32. The summed E-state index contributed by atoms with van der Waals surface area (Å²) in [7, 11) is 0. The SMILES string of the molecule is NNC(=O)C=Cc1ccc(-c2ccc(F)cc2)o1. The van der Waals surface area contributed by atoms with Gasteiger partial charge in [-0.1, -0.05) is 0 Å². The molecule has 1 aromatic heterocycles. The molecule has 0 radical (unpaired) electrons. The highest BCUT2D eigenvalue weighted by atomic mass is 19.1. The van der Waals surface area contributed by atoms with Crippen molar-refractivity contribution in [1.29, 1.82) is 0 Å². The van der Waals surface area contributed by atoms with E-state index >= 15 is 0 Å². The van der Waals surface area contributed by atoms with Crippen molar-refractivity contribution in [1.82, 2.24) is 5.43 Å². The molecule has 1 amide bonds. The zero-order valence-corrected chi connectivity index (χ0v) is 9.39. The highest BCUT2D eigenvalue weighted by Crippen LogP contribution is 2.22. The second-order valence-electron chi connectivity index (χ2n) is 3.55. The first kappa shape index (κ1) is 12.1. The molecular formula is C13H11FN2O2. The van der Waals surface area contributed by atoms with Crippen LogP contribution in [-0.2, 0) is 4.79 Å². The molecule has 2 aromatic rings. The van der Waals surface area contributed by atoms with Crippen molar-refractivity contribution in [3.8, 4) is 11.3 Å². The molecule has 0 bridgehead atoms. The Morgan fingerprint density at radius 1 is 1.22 bits per heavy atom. The van der Waals surface area contributed by atoms with Crippen LogP contribution in [0.3, 0.4) is 0 Å². The molecule has 1 aromatic carbocycles. The first-order chi connectivity index (χ1) is 8.69. The van der Waals surface area contributed by atoms with Crippen LogP contribution >= 0.6 is 0 Å². The number of rotatable bonds is 3. The maximum absolute atomic E-state index is 12.8. The predicted molar refractivity (Wildman–Crippen MR) is 65.5 cm³/mol. The molecule has 0 saturated carbocycles. The second kappa shape index (κ2) is 5.29. The standard InChI is InChI=1S/C13H11FN2O2/c14-10-3-1-9(2-4-10)12-7-5-11(18-12)6-8-13(17)16-15/h1-8H,15H2,(H,16,17). The summed E-state index contributed by atoms with van der Waals surface area (Å²) < 4.78 is 18.2. The van der Waals surface area contributed by atoms with Crippen molar-refractivity contribution < 1.29 is 13.6 Å². The fourth-order valence-corrected chi connectivity index (χ4v) is 1.42. The first-order valence-electron chi connectivity index (χ1n) is 5.23. The summed E-state index contributed by atoms with van der Waals surface area (Å²) in [5.41, 5.74) is 2.73. The van der Waals surface area contributed by atoms with Gasteiger partial charge in [0.05, 0.1) is 0 Å². The smallest absolute Gasteiger partial charge is 0.258 e. The van der Waals surface area contributed by atoms with Crippen molar-refractivity contribution in [3.63, 3.8) is 0 Å². The Morgan fingerprint density at radius 2 is 1.94 bits per heavy atom. The van der Waals surface area contributed by atoms with Crippen LogP contribution in [0.2, 0.25) is 0 Å². The van der Waals surface area contributed by atoms with Crippen molar-refractivity contribution >= 4 is 12.0 Å². The van der Waals surface area contributed by atoms with Crippen LogP contribution in [0.15, 0.2) is 46.9 Å². The number of nitrogens with two attached hydrogens (primary N) is 1. The Hall–Kier alpha value is -2.40. The van der Waals surface area contributed by atoms with Crippen LogP contribution < -0.4 is 11.3 Å². The summed E-state index contributed by atoms with van der Waals surface area (Å²) in [6.07, 6.45) is 2.75. The zero-order valence-electron chi connectivity index (χ0n) is 9.39. The highest BCUT2D eigenvalue weighted by Gasteiger charge is 2.03. The summed E-state index contributed by atoms with van der Waals surface area (Å²) in [5, 5.41) is 0. The van der Waals surface area contributed by atoms with E-state index in [-0.39, 0.29) is 5.82 Å². The van der Waals surface area contributed by atoms with Crippen LogP contribution in [0.5, 0.6) is 0 Å². The monoisotopic (exact) mass is 246 g/mol. The number of hydrogen-bond acceptors (Lipinski definition) is 3. The lowest BCUT2D eigenvalue weighted by Gasteiger charge is -1.95. The molecule has 0 saturated heterocycles. The van der Waals surface area contributed by atoms with E-state index in [1.807, 2.05) is 5.43 Å². The Labute approximate surface area is 103 Å². The van der Waals surface area contributed by atoms with Gasteiger partial charge in [-0.25, -0.2) is 10.2 Å². The molecule has 2 rings (SSSR count). The molecule has 0 aliphatic heterocycles. The largest absolute Gasteiger partial charge is 0.457 e. The third-order valence-corrected chi connectivity index (χ3v) is 2.30. The lowest BCUT2D eigenvalue weighted by atomic mass is 10.2. The minimum atomic E-state index is -0.422. The van der Waals surface area contributed by atoms with E-state index < -0.39 is 5.91 Å². The third-order valence-electron chi connectivity index (χ3n) is 2.30. The normalized spacial score (nSPS) is 10.8. The Bertz CT molecular complexity index is 573. The Balaban J connectivity index is 2.18. The van der Waals surface area contributed by atoms with E-state index in [2.05, 4.69) is 0 Å². The number of furan rings is 1. The number of carbonyl (C=O) groups is 1. The topological polar surface area (TPSA) is 68.3 Å². The lowest BCUT2D eigenvalue weighted by Crippen LogP contribution is -2.27. The maximum atomic E-state index is 12.8. The van der Waals surface area contributed by atoms with E-state index in [1.54, 1.807) is 24.3 Å². The summed E-state index contributed by atoms with van der Waals surface area (Å²) in [6.45, 7) is 0. The summed E-state index contributed by atoms with van der Waals surface area (Å²) >= 11 is 0. The number of hydrogen-bond donors (Lipinski definition) is 2. The van der Waals surface area contributed by atoms with Gasteiger partial charge in [0.15, 0.2) is 0 Å². The van der Waals surface area contributed by atoms with Gasteiger partial charge in [0.2, 0.25) is 0 Å². The second-order valence-corrected chi connectivity index (χ2v) is 3.55. The Kier molecular flexibility index (Phi) is 3.54. The molecule has 0 unspecified atom stereocenters. The van der Waals surface area contributed by atoms with Crippen molar-refractivity contribution in [2.45, 2.75) is 0 Å². The van der Waals surface area contributed by atoms with Crippen LogP contribution in [0.25, 0.3) is 17.4 Å². The number of benzene rings is 1. The van der Waals surface area contributed by atoms with Gasteiger partial charge in [0, 0.05) is 11.6 Å². The van der Waals surface area contributed by atoms with Gasteiger partial charge in [0.1, 0.15) is 17.3 Å². The van der Waals surface area contributed by atoms with Crippen LogP contribution in [-0.4, -0.2) is 5.91 Å². The predicted octanol–water partition coefficient (Wildman–Crippen LogP) is 2.09. The number of hydrazine groups is 1. The van der Waals surface area contributed by atoms with E-state index in [4.69, 9.17) is 10.3 Å². The molecule has 0 spiro atoms. The molecule has 4 nitrogen and oxygen atoms in total. The minimum absolute atomic E-state index is 0.301. The fraction of sp³-hybridized carbons (Fsp3) is 0. The number of amides is 1. The van der Waals surface area contributed by atoms with Gasteiger partial charge in [-0.05, 0) is 42.5 Å². The van der Waals surface area contributed by atoms with Crippen LogP contribution in [0.1, 0.15) is 5.76 Å². The average molecular weight is 246 g/mol. The molecule has 1 heterocycles. The molecule has 3 N–H and O–H groups in total. The van der Waals surface area contributed by atoms with Crippen molar-refractivity contribution in [2.75, 3.05) is 0 Å². The van der Waals surface area contributed by atoms with Crippen LogP contribution in [0, 0.1) is 5.82 Å². The molecule has 0 aliphatic rings. The molecule has 92 valence electrons. The average Bonchev–Trinajstić information content (AvgIpc) is 2.85. The van der Waals surface area contributed by atoms with E-state index in [0.717, 1.165) is 5.56 Å². The van der Waals surface area contributed by atoms with Gasteiger partial charge in [-0.3, -0.25) is 10.2 Å². The van der Waals surface area contributed by atoms with Gasteiger partial charge >= 0.3 is 0 Å². The van der Waals surface area contributed by atoms with E-state index in [0.29, 0.717) is 11.5 Å². The fourth-order valence-electron chi connectivity index (χ4n) is 1.42. The quantitative estimate of drug-likeness (QED) is 0.377. The minimum Gasteiger partial charge on any atom is -0.457 e. The zero-order chi connectivity index (χ0) is 13.0. The van der Waals surface area contributed by atoms with Gasteiger partial charge in [-0.2, -0.15) is 0 Å². The van der Waals surface area contributed by atoms with E-state index in [9.17, 15) is 9.18 Å². The Morgan fingerprint density at radius 3 is 2.61 bits per heavy atom. The van der Waals surface area contributed by atoms with Crippen LogP contribution in [0.4, 0.5) is 4.39 Å². The van der Waals surface area contributed by atoms with Crippen molar-refractivity contribution in [3.05, 3.63) is 54.1 Å². The number of halogens is 1. The molecule has 0 aliphatic carbocycles. The lowest BCUT2D eigenvalue weighted by molar-refractivity contribution is -0.116. The van der Waals surface area contributed by atoms with Crippen molar-refractivity contribution in [2.24, 2.45) is 5.84 Å². The van der Waals surface area contributed by atoms with Gasteiger partial charge in [-0.15, -0.1) is 0 Å². The summed E-state index contributed by atoms with van der Waals surface area (Å²) in [6, 6.07) is 9.40. The van der Waals surface area contributed by atoms with Gasteiger partial charge < -0.3 is 4.42 Å². The number of nitrogens with one attached hydrogen (secondary N) is 1. The molecule has 5 heteroatoms. The molecule has 18 heavy (non-hydrogen) atoms. The van der Waals surface area contributed by atoms with Gasteiger partial charge in [0.25, 0.3) is 5.91 Å². The third kappa shape index (κ3) is 2.83. The molecule has 0 fully saturated rings. The highest BCUT2D eigenvalue weighted by molar-refractivity contribution is 5.90. The molecule has 0 atom stereocenters. The van der Waals surface area contributed by atoms with E-state index in [1.165, 1.54) is 24.3 Å². The first-order valence-corrected chi connectivity index (χ1v) is 5.23.